The maximum Gasteiger partial charge on any atom is 0.269 e. The van der Waals surface area contributed by atoms with E-state index in [9.17, 15) is 5.26 Å². The molecule has 0 aromatic heterocycles. The van der Waals surface area contributed by atoms with E-state index in [2.05, 4.69) is 90.9 Å². The van der Waals surface area contributed by atoms with Crippen LogP contribution in [0.5, 0.6) is 0 Å². The van der Waals surface area contributed by atoms with E-state index >= 15 is 0 Å². The summed E-state index contributed by atoms with van der Waals surface area (Å²) in [6, 6.07) is 19.3. The van der Waals surface area contributed by atoms with Gasteiger partial charge in [-0.1, -0.05) is 89.8 Å². The van der Waals surface area contributed by atoms with Crippen molar-refractivity contribution >= 4 is 23.5 Å². The van der Waals surface area contributed by atoms with Crippen LogP contribution in [0.3, 0.4) is 0 Å². The zero-order valence-corrected chi connectivity index (χ0v) is 27.8. The first kappa shape index (κ1) is 35.0. The second-order valence-corrected chi connectivity index (χ2v) is 11.5. The van der Waals surface area contributed by atoms with Gasteiger partial charge in [-0.2, -0.15) is 0 Å². The van der Waals surface area contributed by atoms with Crippen molar-refractivity contribution in [2.75, 3.05) is 36.0 Å². The Balaban J connectivity index is 1.76. The number of unbranched alkanes of at least 4 members (excludes halogenated alkanes) is 4. The Morgan fingerprint density at radius 3 is 1.36 bits per heavy atom. The monoisotopic (exact) mass is 602 g/mol. The van der Waals surface area contributed by atoms with E-state index in [0.29, 0.717) is 17.1 Å². The number of nitrogens with zero attached hydrogens (tertiary/aromatic N) is 4. The lowest BCUT2D eigenvalue weighted by molar-refractivity contribution is 0.332. The first-order valence-corrected chi connectivity index (χ1v) is 16.7. The van der Waals surface area contributed by atoms with E-state index in [4.69, 9.17) is 11.3 Å². The number of ether oxygens (including phenoxy) is 1. The first-order valence-electron chi connectivity index (χ1n) is 16.7. The van der Waals surface area contributed by atoms with Crippen LogP contribution in [-0.4, -0.2) is 26.2 Å². The highest BCUT2D eigenvalue weighted by Crippen LogP contribution is 2.26. The largest absolute Gasteiger partial charge is 0.457 e. The number of anilines is 2. The third kappa shape index (κ3) is 11.5. The maximum atomic E-state index is 9.56. The highest BCUT2D eigenvalue weighted by atomic mass is 16.5. The van der Waals surface area contributed by atoms with Crippen LogP contribution >= 0.6 is 0 Å². The Morgan fingerprint density at radius 1 is 0.667 bits per heavy atom. The highest BCUT2D eigenvalue weighted by molar-refractivity contribution is 5.62. The van der Waals surface area contributed by atoms with E-state index in [1.165, 1.54) is 62.7 Å². The number of nitriles is 1. The third-order valence-electron chi connectivity index (χ3n) is 7.85. The molecule has 0 saturated carbocycles. The van der Waals surface area contributed by atoms with Crippen molar-refractivity contribution < 1.29 is 4.74 Å². The van der Waals surface area contributed by atoms with E-state index in [0.717, 1.165) is 37.3 Å². The predicted octanol–water partition coefficient (Wildman–Crippen LogP) is 10.7. The zero-order valence-electron chi connectivity index (χ0n) is 27.8. The summed E-state index contributed by atoms with van der Waals surface area (Å²) in [6.45, 7) is 20.7. The van der Waals surface area contributed by atoms with Gasteiger partial charge in [-0.25, -0.2) is 10.1 Å². The normalized spacial score (nSPS) is 12.8. The van der Waals surface area contributed by atoms with Crippen molar-refractivity contribution in [3.8, 4) is 6.07 Å². The fourth-order valence-electron chi connectivity index (χ4n) is 5.08. The summed E-state index contributed by atoms with van der Waals surface area (Å²) < 4.78 is 6.19. The van der Waals surface area contributed by atoms with Gasteiger partial charge in [-0.05, 0) is 91.0 Å². The number of hydrogen-bond acceptors (Lipinski definition) is 4. The van der Waals surface area contributed by atoms with Crippen LogP contribution in [0.15, 0.2) is 95.6 Å². The van der Waals surface area contributed by atoms with Gasteiger partial charge in [0.05, 0.1) is 12.6 Å². The van der Waals surface area contributed by atoms with Crippen molar-refractivity contribution in [3.63, 3.8) is 0 Å². The number of allylic oxidation sites excluding steroid dienone is 6. The van der Waals surface area contributed by atoms with Crippen LogP contribution in [0.1, 0.15) is 90.2 Å². The molecule has 0 atom stereocenters. The molecule has 0 amide bonds. The molecule has 3 rings (SSSR count). The summed E-state index contributed by atoms with van der Waals surface area (Å²) in [5.74, 6) is 1.16. The Labute approximate surface area is 272 Å². The number of benzene rings is 2. The smallest absolute Gasteiger partial charge is 0.269 e. The second-order valence-electron chi connectivity index (χ2n) is 11.5. The summed E-state index contributed by atoms with van der Waals surface area (Å²) in [4.78, 5) is 8.39. The predicted molar refractivity (Wildman–Crippen MR) is 192 cm³/mol. The minimum absolute atomic E-state index is 0.0438. The van der Waals surface area contributed by atoms with Crippen LogP contribution in [0, 0.1) is 17.9 Å². The van der Waals surface area contributed by atoms with Gasteiger partial charge in [0.25, 0.3) is 5.70 Å². The quantitative estimate of drug-likeness (QED) is 0.126. The Bertz CT molecular complexity index is 1310. The van der Waals surface area contributed by atoms with E-state index in [-0.39, 0.29) is 5.70 Å². The molecule has 5 heteroatoms. The molecule has 0 spiro atoms. The summed E-state index contributed by atoms with van der Waals surface area (Å²) in [6.07, 6.45) is 20.8. The van der Waals surface area contributed by atoms with Crippen LogP contribution in [0.25, 0.3) is 17.0 Å². The van der Waals surface area contributed by atoms with Crippen LogP contribution in [0.4, 0.5) is 11.4 Å². The summed E-state index contributed by atoms with van der Waals surface area (Å²) in [5, 5.41) is 9.56. The summed E-state index contributed by atoms with van der Waals surface area (Å²) in [5.41, 5.74) is 5.21. The third-order valence-corrected chi connectivity index (χ3v) is 7.85. The summed E-state index contributed by atoms with van der Waals surface area (Å²) in [7, 11) is 0. The molecule has 0 bridgehead atoms. The van der Waals surface area contributed by atoms with Crippen molar-refractivity contribution in [1.29, 1.82) is 5.26 Å². The maximum absolute atomic E-state index is 9.56. The minimum Gasteiger partial charge on any atom is -0.457 e. The molecule has 0 saturated heterocycles. The van der Waals surface area contributed by atoms with Gasteiger partial charge in [0, 0.05) is 37.6 Å². The lowest BCUT2D eigenvalue weighted by Crippen LogP contribution is -2.25. The average molecular weight is 603 g/mol. The second kappa shape index (κ2) is 19.7. The molecule has 1 heterocycles. The van der Waals surface area contributed by atoms with E-state index < -0.39 is 0 Å². The van der Waals surface area contributed by atoms with Gasteiger partial charge in [-0.3, -0.25) is 0 Å². The molecule has 236 valence electrons. The SMILES string of the molecule is [C-]#[N+]C(C#N)=C1C=C(C=Cc2ccc(N(CCCC)CCCC)cc2)OC(C=Cc2ccc(N(CCCC)CCCC)cc2)=C1. The zero-order chi connectivity index (χ0) is 32.3. The number of rotatable bonds is 18. The van der Waals surface area contributed by atoms with Gasteiger partial charge in [0.2, 0.25) is 0 Å². The summed E-state index contributed by atoms with van der Waals surface area (Å²) >= 11 is 0. The molecule has 0 fully saturated rings. The van der Waals surface area contributed by atoms with Crippen molar-refractivity contribution in [2.24, 2.45) is 0 Å². The topological polar surface area (TPSA) is 43.9 Å². The van der Waals surface area contributed by atoms with Gasteiger partial charge >= 0.3 is 0 Å². The van der Waals surface area contributed by atoms with Crippen LogP contribution < -0.4 is 9.80 Å². The number of hydrogen-bond donors (Lipinski definition) is 0. The fourth-order valence-corrected chi connectivity index (χ4v) is 5.08. The van der Waals surface area contributed by atoms with Crippen molar-refractivity contribution in [1.82, 2.24) is 0 Å². The molecule has 45 heavy (non-hydrogen) atoms. The van der Waals surface area contributed by atoms with Gasteiger partial charge in [0.1, 0.15) is 11.5 Å². The van der Waals surface area contributed by atoms with Crippen LogP contribution in [-0.2, 0) is 4.74 Å². The Kier molecular flexibility index (Phi) is 15.3. The van der Waals surface area contributed by atoms with E-state index in [1.54, 1.807) is 12.2 Å². The van der Waals surface area contributed by atoms with Crippen molar-refractivity contribution in [2.45, 2.75) is 79.1 Å². The minimum atomic E-state index is 0.0438. The Hall–Kier alpha value is -4.48. The Morgan fingerprint density at radius 2 is 1.04 bits per heavy atom. The molecule has 0 unspecified atom stereocenters. The van der Waals surface area contributed by atoms with Gasteiger partial charge in [0.15, 0.2) is 0 Å². The fraction of sp³-hybridized carbons (Fsp3) is 0.400. The van der Waals surface area contributed by atoms with Gasteiger partial charge in [-0.15, -0.1) is 0 Å². The lowest BCUT2D eigenvalue weighted by Gasteiger charge is -2.24. The van der Waals surface area contributed by atoms with Crippen LogP contribution in [0.2, 0.25) is 0 Å². The van der Waals surface area contributed by atoms with Gasteiger partial charge < -0.3 is 14.5 Å². The highest BCUT2D eigenvalue weighted by Gasteiger charge is 2.12. The lowest BCUT2D eigenvalue weighted by atomic mass is 10.1. The molecule has 0 radical (unpaired) electrons. The molecule has 1 aliphatic heterocycles. The standard InChI is InChI=1S/C40H50N4O/c1-6-10-26-43(27-11-7-2)36-20-14-33(15-21-36)18-24-38-30-35(40(32-41)42-5)31-39(45-38)25-19-34-16-22-37(23-17-34)44(28-12-8-3)29-13-9-4/h14-25,30-31H,6-13,26-29H2,1-4H3. The average Bonchev–Trinajstić information content (AvgIpc) is 3.08. The van der Waals surface area contributed by atoms with Crippen molar-refractivity contribution in [3.05, 3.63) is 118 Å². The van der Waals surface area contributed by atoms with E-state index in [1.807, 2.05) is 30.4 Å². The molecule has 0 aliphatic carbocycles. The molecular weight excluding hydrogens is 552 g/mol. The molecule has 2 aromatic carbocycles. The molecule has 0 N–H and O–H groups in total. The molecule has 5 nitrogen and oxygen atoms in total. The molecule has 1 aliphatic rings. The molecular formula is C40H50N4O. The first-order chi connectivity index (χ1) is 22.0. The molecule has 2 aromatic rings.